The van der Waals surface area contributed by atoms with E-state index in [0.717, 1.165) is 52.8 Å². The standard InChI is InChI=1S/C21H25N3O2S3/c1-13-14(2)29-19-18(13)20(26)24(15-6-3-4-7-15)21(23-19)28-12-17(25)22-10-9-16-8-5-11-27-16/h5,8,11,15H,3-4,6-7,9-10,12H2,1-2H3,(H,22,25). The minimum absolute atomic E-state index is 0.0163. The van der Waals surface area contributed by atoms with Gasteiger partial charge in [-0.2, -0.15) is 0 Å². The van der Waals surface area contributed by atoms with Gasteiger partial charge >= 0.3 is 0 Å². The fraction of sp³-hybridized carbons (Fsp3) is 0.476. The van der Waals surface area contributed by atoms with Gasteiger partial charge < -0.3 is 5.32 Å². The van der Waals surface area contributed by atoms with Gasteiger partial charge in [-0.25, -0.2) is 4.98 Å². The lowest BCUT2D eigenvalue weighted by atomic mass is 10.2. The Morgan fingerprint density at radius 1 is 1.34 bits per heavy atom. The molecular weight excluding hydrogens is 422 g/mol. The largest absolute Gasteiger partial charge is 0.355 e. The number of fused-ring (bicyclic) bond motifs is 1. The second kappa shape index (κ2) is 9.02. The monoisotopic (exact) mass is 447 g/mol. The average Bonchev–Trinajstić information content (AvgIpc) is 3.44. The van der Waals surface area contributed by atoms with E-state index in [-0.39, 0.29) is 23.3 Å². The van der Waals surface area contributed by atoms with Crippen LogP contribution in [-0.2, 0) is 11.2 Å². The maximum atomic E-state index is 13.3. The summed E-state index contributed by atoms with van der Waals surface area (Å²) in [5, 5.41) is 6.46. The number of hydrogen-bond donors (Lipinski definition) is 1. The van der Waals surface area contributed by atoms with Crippen molar-refractivity contribution in [3.05, 3.63) is 43.2 Å². The van der Waals surface area contributed by atoms with Crippen LogP contribution in [0.25, 0.3) is 10.2 Å². The van der Waals surface area contributed by atoms with Gasteiger partial charge in [0.1, 0.15) is 4.83 Å². The number of carbonyl (C=O) groups is 1. The van der Waals surface area contributed by atoms with E-state index in [1.54, 1.807) is 22.7 Å². The summed E-state index contributed by atoms with van der Waals surface area (Å²) < 4.78 is 1.87. The molecule has 0 aromatic carbocycles. The molecule has 0 atom stereocenters. The third-order valence-electron chi connectivity index (χ3n) is 5.50. The lowest BCUT2D eigenvalue weighted by Gasteiger charge is -2.18. The van der Waals surface area contributed by atoms with Crippen LogP contribution < -0.4 is 10.9 Å². The molecule has 154 valence electrons. The van der Waals surface area contributed by atoms with Crippen LogP contribution in [0.2, 0.25) is 0 Å². The first-order valence-electron chi connectivity index (χ1n) is 9.98. The van der Waals surface area contributed by atoms with E-state index in [9.17, 15) is 9.59 Å². The maximum absolute atomic E-state index is 13.3. The van der Waals surface area contributed by atoms with E-state index in [4.69, 9.17) is 4.98 Å². The fourth-order valence-electron chi connectivity index (χ4n) is 3.84. The highest BCUT2D eigenvalue weighted by atomic mass is 32.2. The van der Waals surface area contributed by atoms with Crippen molar-refractivity contribution in [2.75, 3.05) is 12.3 Å². The Labute approximate surface area is 182 Å². The molecule has 5 nitrogen and oxygen atoms in total. The van der Waals surface area contributed by atoms with Crippen LogP contribution in [0.15, 0.2) is 27.5 Å². The minimum Gasteiger partial charge on any atom is -0.355 e. The van der Waals surface area contributed by atoms with E-state index < -0.39 is 0 Å². The first-order chi connectivity index (χ1) is 14.0. The average molecular weight is 448 g/mol. The summed E-state index contributed by atoms with van der Waals surface area (Å²) in [4.78, 5) is 33.7. The first-order valence-corrected chi connectivity index (χ1v) is 12.7. The van der Waals surface area contributed by atoms with Crippen LogP contribution in [0.3, 0.4) is 0 Å². The quantitative estimate of drug-likeness (QED) is 0.421. The molecule has 1 fully saturated rings. The molecule has 1 aliphatic rings. The number of nitrogens with one attached hydrogen (secondary N) is 1. The smallest absolute Gasteiger partial charge is 0.263 e. The van der Waals surface area contributed by atoms with E-state index >= 15 is 0 Å². The first kappa shape index (κ1) is 20.6. The van der Waals surface area contributed by atoms with Gasteiger partial charge in [-0.1, -0.05) is 30.7 Å². The second-order valence-corrected chi connectivity index (χ2v) is 10.6. The summed E-state index contributed by atoms with van der Waals surface area (Å²) in [6.45, 7) is 4.67. The fourth-order valence-corrected chi connectivity index (χ4v) is 6.51. The molecule has 8 heteroatoms. The molecular formula is C21H25N3O2S3. The highest BCUT2D eigenvalue weighted by molar-refractivity contribution is 7.99. The summed E-state index contributed by atoms with van der Waals surface area (Å²) in [5.41, 5.74) is 1.10. The molecule has 0 saturated heterocycles. The molecule has 3 aromatic heterocycles. The van der Waals surface area contributed by atoms with Gasteiger partial charge in [-0.15, -0.1) is 22.7 Å². The van der Waals surface area contributed by atoms with Crippen LogP contribution in [0.4, 0.5) is 0 Å². The molecule has 1 N–H and O–H groups in total. The molecule has 4 rings (SSSR count). The van der Waals surface area contributed by atoms with Crippen LogP contribution in [0, 0.1) is 13.8 Å². The number of hydrogen-bond acceptors (Lipinski definition) is 6. The van der Waals surface area contributed by atoms with E-state index in [0.29, 0.717) is 11.7 Å². The number of nitrogens with zero attached hydrogens (tertiary/aromatic N) is 2. The highest BCUT2D eigenvalue weighted by Crippen LogP contribution is 2.34. The third kappa shape index (κ3) is 4.44. The van der Waals surface area contributed by atoms with Crippen molar-refractivity contribution in [2.24, 2.45) is 0 Å². The van der Waals surface area contributed by atoms with Crippen LogP contribution in [0.5, 0.6) is 0 Å². The van der Waals surface area contributed by atoms with Crippen molar-refractivity contribution in [1.29, 1.82) is 0 Å². The van der Waals surface area contributed by atoms with Gasteiger partial charge in [-0.3, -0.25) is 14.2 Å². The highest BCUT2D eigenvalue weighted by Gasteiger charge is 2.25. The number of aromatic nitrogens is 2. The maximum Gasteiger partial charge on any atom is 0.263 e. The molecule has 1 aliphatic carbocycles. The lowest BCUT2D eigenvalue weighted by Crippen LogP contribution is -2.29. The van der Waals surface area contributed by atoms with Gasteiger partial charge in [-0.05, 0) is 50.1 Å². The molecule has 1 amide bonds. The molecule has 3 heterocycles. The Morgan fingerprint density at radius 3 is 2.86 bits per heavy atom. The number of thiophene rings is 2. The summed E-state index contributed by atoms with van der Waals surface area (Å²) in [5.74, 6) is 0.260. The van der Waals surface area contributed by atoms with Gasteiger partial charge in [0.15, 0.2) is 5.16 Å². The van der Waals surface area contributed by atoms with Gasteiger partial charge in [0.05, 0.1) is 11.1 Å². The molecule has 3 aromatic rings. The minimum atomic E-state index is -0.0163. The normalized spacial score (nSPS) is 14.7. The van der Waals surface area contributed by atoms with Crippen LogP contribution in [0.1, 0.15) is 47.0 Å². The Balaban J connectivity index is 1.51. The summed E-state index contributed by atoms with van der Waals surface area (Å²) in [7, 11) is 0. The van der Waals surface area contributed by atoms with Gasteiger partial charge in [0.25, 0.3) is 5.56 Å². The van der Waals surface area contributed by atoms with Crippen molar-refractivity contribution in [2.45, 2.75) is 57.1 Å². The molecule has 0 bridgehead atoms. The van der Waals surface area contributed by atoms with E-state index in [2.05, 4.69) is 11.4 Å². The topological polar surface area (TPSA) is 64.0 Å². The summed E-state index contributed by atoms with van der Waals surface area (Å²) in [6.07, 6.45) is 5.15. The van der Waals surface area contributed by atoms with E-state index in [1.807, 2.05) is 29.9 Å². The zero-order valence-corrected chi connectivity index (χ0v) is 19.1. The lowest BCUT2D eigenvalue weighted by molar-refractivity contribution is -0.118. The molecule has 0 radical (unpaired) electrons. The number of rotatable bonds is 7. The number of thioether (sulfide) groups is 1. The van der Waals surface area contributed by atoms with Crippen molar-refractivity contribution >= 4 is 50.6 Å². The second-order valence-electron chi connectivity index (χ2n) is 7.44. The predicted octanol–water partition coefficient (Wildman–Crippen LogP) is 4.70. The molecule has 0 unspecified atom stereocenters. The predicted molar refractivity (Wildman–Crippen MR) is 123 cm³/mol. The number of carbonyl (C=O) groups excluding carboxylic acids is 1. The summed E-state index contributed by atoms with van der Waals surface area (Å²) >= 11 is 4.65. The Hall–Kier alpha value is -1.64. The number of aryl methyl sites for hydroxylation is 2. The molecule has 29 heavy (non-hydrogen) atoms. The van der Waals surface area contributed by atoms with Gasteiger partial charge in [0.2, 0.25) is 5.91 Å². The van der Waals surface area contributed by atoms with Gasteiger partial charge in [0, 0.05) is 22.3 Å². The SMILES string of the molecule is Cc1sc2nc(SCC(=O)NCCc3cccs3)n(C3CCCC3)c(=O)c2c1C. The Bertz CT molecular complexity index is 1060. The Morgan fingerprint density at radius 2 is 2.14 bits per heavy atom. The summed E-state index contributed by atoms with van der Waals surface area (Å²) in [6, 6.07) is 4.30. The van der Waals surface area contributed by atoms with Crippen molar-refractivity contribution in [1.82, 2.24) is 14.9 Å². The van der Waals surface area contributed by atoms with Crippen LogP contribution in [-0.4, -0.2) is 27.8 Å². The van der Waals surface area contributed by atoms with Crippen molar-refractivity contribution in [3.63, 3.8) is 0 Å². The zero-order chi connectivity index (χ0) is 20.4. The molecule has 0 spiro atoms. The van der Waals surface area contributed by atoms with Crippen LogP contribution >= 0.6 is 34.4 Å². The Kier molecular flexibility index (Phi) is 6.41. The molecule has 0 aliphatic heterocycles. The third-order valence-corrected chi connectivity index (χ3v) is 8.49. The zero-order valence-electron chi connectivity index (χ0n) is 16.7. The van der Waals surface area contributed by atoms with Crippen molar-refractivity contribution in [3.8, 4) is 0 Å². The van der Waals surface area contributed by atoms with Crippen molar-refractivity contribution < 1.29 is 4.79 Å². The molecule has 1 saturated carbocycles. The van der Waals surface area contributed by atoms with E-state index in [1.165, 1.54) is 16.6 Å². The number of amides is 1.